The summed E-state index contributed by atoms with van der Waals surface area (Å²) in [5.74, 6) is 0.349. The van der Waals surface area contributed by atoms with Crippen molar-refractivity contribution in [2.24, 2.45) is 0 Å². The van der Waals surface area contributed by atoms with Gasteiger partial charge in [0.1, 0.15) is 6.29 Å². The number of ether oxygens (including phenoxy) is 2. The monoisotopic (exact) mass is 178 g/mol. The van der Waals surface area contributed by atoms with E-state index in [1.165, 1.54) is 6.07 Å². The van der Waals surface area contributed by atoms with E-state index in [4.69, 9.17) is 9.47 Å². The van der Waals surface area contributed by atoms with E-state index in [9.17, 15) is 9.59 Å². The molecule has 4 nitrogen and oxygen atoms in total. The summed E-state index contributed by atoms with van der Waals surface area (Å²) in [7, 11) is 0. The zero-order valence-electron chi connectivity index (χ0n) is 6.65. The van der Waals surface area contributed by atoms with Crippen LogP contribution in [0, 0.1) is 0 Å². The largest absolute Gasteiger partial charge is 0.478 e. The smallest absolute Gasteiger partial charge is 0.349 e. The highest BCUT2D eigenvalue weighted by atomic mass is 16.6. The zero-order valence-corrected chi connectivity index (χ0v) is 6.65. The lowest BCUT2D eigenvalue weighted by atomic mass is 10.2. The van der Waals surface area contributed by atoms with E-state index in [-0.39, 0.29) is 6.61 Å². The number of esters is 1. The van der Waals surface area contributed by atoms with Gasteiger partial charge in [-0.1, -0.05) is 0 Å². The quantitative estimate of drug-likeness (QED) is 0.362. The first kappa shape index (κ1) is 7.79. The minimum Gasteiger partial charge on any atom is -0.478 e. The van der Waals surface area contributed by atoms with Gasteiger partial charge in [0.25, 0.3) is 0 Å². The Hall–Kier alpha value is -1.84. The fourth-order valence-corrected chi connectivity index (χ4v) is 1.09. The van der Waals surface area contributed by atoms with Crippen molar-refractivity contribution < 1.29 is 19.1 Å². The highest BCUT2D eigenvalue weighted by molar-refractivity contribution is 5.80. The van der Waals surface area contributed by atoms with Gasteiger partial charge in [0, 0.05) is 5.56 Å². The second-order valence-corrected chi connectivity index (χ2v) is 2.59. The van der Waals surface area contributed by atoms with Gasteiger partial charge >= 0.3 is 5.97 Å². The van der Waals surface area contributed by atoms with E-state index < -0.39 is 5.97 Å². The van der Waals surface area contributed by atoms with Crippen LogP contribution in [0.15, 0.2) is 18.2 Å². The second kappa shape index (κ2) is 2.90. The van der Waals surface area contributed by atoms with Gasteiger partial charge in [-0.3, -0.25) is 4.79 Å². The lowest BCUT2D eigenvalue weighted by molar-refractivity contribution is -0.138. The van der Waals surface area contributed by atoms with Crippen molar-refractivity contribution in [3.63, 3.8) is 0 Å². The molecule has 4 heteroatoms. The van der Waals surface area contributed by atoms with Crippen LogP contribution in [-0.4, -0.2) is 18.9 Å². The molecule has 1 heterocycles. The molecule has 0 saturated heterocycles. The third kappa shape index (κ3) is 1.38. The number of benzene rings is 1. The molecule has 0 aromatic heterocycles. The molecule has 0 atom stereocenters. The maximum absolute atomic E-state index is 10.8. The third-order valence-electron chi connectivity index (χ3n) is 1.67. The SMILES string of the molecule is O=Cc1ccc2c(c1)OC(=O)CO2. The van der Waals surface area contributed by atoms with E-state index in [2.05, 4.69) is 0 Å². The second-order valence-electron chi connectivity index (χ2n) is 2.59. The number of carbonyl (C=O) groups is 2. The molecular formula is C9H6O4. The van der Waals surface area contributed by atoms with Crippen LogP contribution in [0.2, 0.25) is 0 Å². The molecule has 0 radical (unpaired) electrons. The van der Waals surface area contributed by atoms with E-state index in [0.717, 1.165) is 0 Å². The predicted molar refractivity (Wildman–Crippen MR) is 43.0 cm³/mol. The van der Waals surface area contributed by atoms with Gasteiger partial charge in [0.05, 0.1) is 0 Å². The standard InChI is InChI=1S/C9H6O4/c10-4-6-1-2-7-8(3-6)13-9(11)5-12-7/h1-4H,5H2. The summed E-state index contributed by atoms with van der Waals surface area (Å²) in [6.07, 6.45) is 0.683. The molecule has 2 rings (SSSR count). The minimum absolute atomic E-state index is 0.0760. The molecule has 1 aliphatic heterocycles. The fraction of sp³-hybridized carbons (Fsp3) is 0.111. The van der Waals surface area contributed by atoms with Crippen LogP contribution in [0.5, 0.6) is 11.5 Å². The van der Waals surface area contributed by atoms with E-state index in [1.54, 1.807) is 12.1 Å². The topological polar surface area (TPSA) is 52.6 Å². The van der Waals surface area contributed by atoms with Crippen LogP contribution in [0.1, 0.15) is 10.4 Å². The summed E-state index contributed by atoms with van der Waals surface area (Å²) in [4.78, 5) is 21.2. The van der Waals surface area contributed by atoms with Crippen LogP contribution in [0.25, 0.3) is 0 Å². The van der Waals surface area contributed by atoms with Gasteiger partial charge in [-0.2, -0.15) is 0 Å². The summed E-state index contributed by atoms with van der Waals surface area (Å²) >= 11 is 0. The molecule has 0 aliphatic carbocycles. The zero-order chi connectivity index (χ0) is 9.26. The molecule has 0 bridgehead atoms. The van der Waals surface area contributed by atoms with Crippen LogP contribution < -0.4 is 9.47 Å². The molecule has 0 amide bonds. The van der Waals surface area contributed by atoms with Crippen LogP contribution in [0.3, 0.4) is 0 Å². The number of fused-ring (bicyclic) bond motifs is 1. The Kier molecular flexibility index (Phi) is 1.73. The first-order chi connectivity index (χ1) is 6.29. The molecule has 1 aliphatic rings. The van der Waals surface area contributed by atoms with Crippen molar-refractivity contribution in [1.82, 2.24) is 0 Å². The Labute approximate surface area is 74.1 Å². The molecule has 1 aromatic rings. The highest BCUT2D eigenvalue weighted by Gasteiger charge is 2.17. The molecule has 13 heavy (non-hydrogen) atoms. The predicted octanol–water partition coefficient (Wildman–Crippen LogP) is 0.797. The van der Waals surface area contributed by atoms with E-state index in [1.807, 2.05) is 0 Å². The highest BCUT2D eigenvalue weighted by Crippen LogP contribution is 2.30. The lowest BCUT2D eigenvalue weighted by Gasteiger charge is -2.16. The molecule has 0 N–H and O–H groups in total. The van der Waals surface area contributed by atoms with Gasteiger partial charge in [-0.05, 0) is 18.2 Å². The van der Waals surface area contributed by atoms with Crippen LogP contribution in [0.4, 0.5) is 0 Å². The normalized spacial score (nSPS) is 14.0. The maximum Gasteiger partial charge on any atom is 0.349 e. The molecule has 0 saturated carbocycles. The Morgan fingerprint density at radius 1 is 1.31 bits per heavy atom. The first-order valence-electron chi connectivity index (χ1n) is 3.72. The fourth-order valence-electron chi connectivity index (χ4n) is 1.09. The van der Waals surface area contributed by atoms with Gasteiger partial charge < -0.3 is 9.47 Å². The summed E-state index contributed by atoms with van der Waals surface area (Å²) in [6, 6.07) is 4.68. The number of rotatable bonds is 1. The van der Waals surface area contributed by atoms with E-state index in [0.29, 0.717) is 23.3 Å². The Balaban J connectivity index is 2.43. The Bertz CT molecular complexity index is 370. The Morgan fingerprint density at radius 3 is 2.92 bits per heavy atom. The van der Waals surface area contributed by atoms with Crippen molar-refractivity contribution in [2.75, 3.05) is 6.61 Å². The van der Waals surface area contributed by atoms with Gasteiger partial charge in [-0.15, -0.1) is 0 Å². The van der Waals surface area contributed by atoms with Crippen molar-refractivity contribution in [2.45, 2.75) is 0 Å². The summed E-state index contributed by atoms with van der Waals surface area (Å²) in [6.45, 7) is -0.0760. The minimum atomic E-state index is -0.449. The summed E-state index contributed by atoms with van der Waals surface area (Å²) in [5, 5.41) is 0. The maximum atomic E-state index is 10.8. The number of carbonyl (C=O) groups excluding carboxylic acids is 2. The molecule has 0 spiro atoms. The molecular weight excluding hydrogens is 172 g/mol. The Morgan fingerprint density at radius 2 is 2.15 bits per heavy atom. The van der Waals surface area contributed by atoms with Gasteiger partial charge in [0.2, 0.25) is 0 Å². The summed E-state index contributed by atoms with van der Waals surface area (Å²) < 4.78 is 9.90. The van der Waals surface area contributed by atoms with Crippen molar-refractivity contribution in [3.8, 4) is 11.5 Å². The van der Waals surface area contributed by atoms with Crippen molar-refractivity contribution in [1.29, 1.82) is 0 Å². The summed E-state index contributed by atoms with van der Waals surface area (Å²) in [5.41, 5.74) is 0.456. The van der Waals surface area contributed by atoms with Gasteiger partial charge in [0.15, 0.2) is 18.1 Å². The first-order valence-corrected chi connectivity index (χ1v) is 3.72. The molecule has 0 fully saturated rings. The number of hydrogen-bond acceptors (Lipinski definition) is 4. The van der Waals surface area contributed by atoms with Gasteiger partial charge in [-0.25, -0.2) is 4.79 Å². The molecule has 0 unspecified atom stereocenters. The van der Waals surface area contributed by atoms with Crippen molar-refractivity contribution in [3.05, 3.63) is 23.8 Å². The van der Waals surface area contributed by atoms with Crippen LogP contribution >= 0.6 is 0 Å². The average molecular weight is 178 g/mol. The van der Waals surface area contributed by atoms with E-state index >= 15 is 0 Å². The number of hydrogen-bond donors (Lipinski definition) is 0. The third-order valence-corrected chi connectivity index (χ3v) is 1.67. The average Bonchev–Trinajstić information content (AvgIpc) is 2.16. The molecule has 66 valence electrons. The molecule has 1 aromatic carbocycles. The van der Waals surface area contributed by atoms with Crippen molar-refractivity contribution >= 4 is 12.3 Å². The lowest BCUT2D eigenvalue weighted by Crippen LogP contribution is -2.22. The number of aldehydes is 1. The van der Waals surface area contributed by atoms with Crippen LogP contribution in [-0.2, 0) is 4.79 Å².